The van der Waals surface area contributed by atoms with Gasteiger partial charge in [0.2, 0.25) is 10.0 Å². The molecule has 0 saturated carbocycles. The third-order valence-electron chi connectivity index (χ3n) is 1.36. The van der Waals surface area contributed by atoms with Crippen molar-refractivity contribution in [3.05, 3.63) is 30.3 Å². The van der Waals surface area contributed by atoms with Crippen LogP contribution in [0, 0.1) is 0 Å². The molecule has 1 aromatic rings. The lowest BCUT2D eigenvalue weighted by Crippen LogP contribution is -2.13. The maximum Gasteiger partial charge on any atom is 0.228 e. The molecule has 0 unspecified atom stereocenters. The van der Waals surface area contributed by atoms with Crippen molar-refractivity contribution in [2.75, 3.05) is 12.4 Å². The first-order valence-electron chi connectivity index (χ1n) is 3.73. The standard InChI is InChI=1S/C8H10NO3S/c9-13(10,11)7-6-12-8-4-2-1-3-5-8/h1-5,9H,6-7H2. The third kappa shape index (κ3) is 4.49. The molecule has 0 aliphatic carbocycles. The molecule has 0 bridgehead atoms. The zero-order chi connectivity index (χ0) is 9.73. The maximum absolute atomic E-state index is 10.4. The number of benzene rings is 1. The highest BCUT2D eigenvalue weighted by Crippen LogP contribution is 2.07. The highest BCUT2D eigenvalue weighted by Gasteiger charge is 2.03. The van der Waals surface area contributed by atoms with E-state index in [1.165, 1.54) is 0 Å². The second-order valence-electron chi connectivity index (χ2n) is 2.48. The number of hydrogen-bond acceptors (Lipinski definition) is 3. The average Bonchev–Trinajstić information content (AvgIpc) is 2.04. The fraction of sp³-hybridized carbons (Fsp3) is 0.250. The Bertz CT molecular complexity index is 347. The zero-order valence-corrected chi connectivity index (χ0v) is 7.75. The summed E-state index contributed by atoms with van der Waals surface area (Å²) in [5.74, 6) is 0.341. The van der Waals surface area contributed by atoms with Crippen LogP contribution < -0.4 is 9.88 Å². The van der Waals surface area contributed by atoms with E-state index in [0.29, 0.717) is 5.75 Å². The van der Waals surface area contributed by atoms with Gasteiger partial charge in [-0.3, -0.25) is 0 Å². The Morgan fingerprint density at radius 1 is 1.23 bits per heavy atom. The summed E-state index contributed by atoms with van der Waals surface area (Å²) in [7, 11) is -3.67. The average molecular weight is 200 g/mol. The first-order chi connectivity index (χ1) is 6.08. The van der Waals surface area contributed by atoms with Gasteiger partial charge >= 0.3 is 0 Å². The maximum atomic E-state index is 10.4. The van der Waals surface area contributed by atoms with Gasteiger partial charge in [0.25, 0.3) is 0 Å². The molecule has 1 rings (SSSR count). The monoisotopic (exact) mass is 200 g/mol. The Morgan fingerprint density at radius 2 is 1.85 bits per heavy atom. The number of ether oxygens (including phenoxy) is 1. The van der Waals surface area contributed by atoms with Crippen molar-refractivity contribution in [1.82, 2.24) is 5.14 Å². The van der Waals surface area contributed by atoms with Crippen LogP contribution in [-0.2, 0) is 10.0 Å². The van der Waals surface area contributed by atoms with Crippen LogP contribution in [0.4, 0.5) is 0 Å². The van der Waals surface area contributed by atoms with Gasteiger partial charge in [-0.25, -0.2) is 8.42 Å². The SMILES string of the molecule is [NH]S(=O)(=O)CCOc1ccccc1. The molecule has 0 saturated heterocycles. The molecule has 0 atom stereocenters. The van der Waals surface area contributed by atoms with Crippen molar-refractivity contribution in [3.63, 3.8) is 0 Å². The van der Waals surface area contributed by atoms with Crippen LogP contribution in [0.15, 0.2) is 30.3 Å². The van der Waals surface area contributed by atoms with Crippen molar-refractivity contribution in [2.45, 2.75) is 0 Å². The minimum absolute atomic E-state index is 0.0237. The number of para-hydroxylation sites is 1. The van der Waals surface area contributed by atoms with E-state index in [-0.39, 0.29) is 12.4 Å². The summed E-state index contributed by atoms with van der Waals surface area (Å²) < 4.78 is 25.9. The number of hydrogen-bond donors (Lipinski definition) is 0. The van der Waals surface area contributed by atoms with Crippen LogP contribution in [-0.4, -0.2) is 20.8 Å². The van der Waals surface area contributed by atoms with E-state index in [4.69, 9.17) is 9.88 Å². The highest BCUT2D eigenvalue weighted by molar-refractivity contribution is 7.88. The lowest BCUT2D eigenvalue weighted by atomic mass is 10.3. The van der Waals surface area contributed by atoms with Crippen LogP contribution in [0.1, 0.15) is 0 Å². The third-order valence-corrected chi connectivity index (χ3v) is 2.07. The molecule has 0 aromatic heterocycles. The van der Waals surface area contributed by atoms with E-state index >= 15 is 0 Å². The predicted octanol–water partition coefficient (Wildman–Crippen LogP) is 0.678. The first-order valence-corrected chi connectivity index (χ1v) is 5.38. The summed E-state index contributed by atoms with van der Waals surface area (Å²) in [4.78, 5) is 0. The molecule has 1 aromatic carbocycles. The molecule has 0 amide bonds. The van der Waals surface area contributed by atoms with Crippen molar-refractivity contribution in [2.24, 2.45) is 0 Å². The quantitative estimate of drug-likeness (QED) is 0.717. The highest BCUT2D eigenvalue weighted by atomic mass is 32.2. The van der Waals surface area contributed by atoms with E-state index in [0.717, 1.165) is 0 Å². The van der Waals surface area contributed by atoms with Gasteiger partial charge < -0.3 is 4.74 Å². The largest absolute Gasteiger partial charge is 0.492 e. The summed E-state index contributed by atoms with van der Waals surface area (Å²) >= 11 is 0. The molecule has 5 heteroatoms. The molecule has 71 valence electrons. The van der Waals surface area contributed by atoms with Gasteiger partial charge in [-0.15, -0.1) is 5.14 Å². The van der Waals surface area contributed by atoms with E-state index in [9.17, 15) is 8.42 Å². The number of sulfonamides is 1. The minimum atomic E-state index is -3.67. The van der Waals surface area contributed by atoms with Crippen LogP contribution in [0.3, 0.4) is 0 Å². The molecule has 0 aliphatic heterocycles. The number of rotatable bonds is 4. The van der Waals surface area contributed by atoms with Crippen LogP contribution in [0.2, 0.25) is 0 Å². The zero-order valence-electron chi connectivity index (χ0n) is 6.93. The van der Waals surface area contributed by atoms with Gasteiger partial charge in [0.1, 0.15) is 12.4 Å². The minimum Gasteiger partial charge on any atom is -0.492 e. The lowest BCUT2D eigenvalue weighted by molar-refractivity contribution is 0.341. The van der Waals surface area contributed by atoms with Gasteiger partial charge in [-0.1, -0.05) is 18.2 Å². The molecule has 1 N–H and O–H groups in total. The Labute approximate surface area is 77.4 Å². The lowest BCUT2D eigenvalue weighted by Gasteiger charge is -2.03. The Morgan fingerprint density at radius 3 is 2.38 bits per heavy atom. The van der Waals surface area contributed by atoms with Crippen molar-refractivity contribution in [3.8, 4) is 5.75 Å². The second kappa shape index (κ2) is 4.25. The van der Waals surface area contributed by atoms with Crippen LogP contribution in [0.25, 0.3) is 0 Å². The smallest absolute Gasteiger partial charge is 0.228 e. The van der Waals surface area contributed by atoms with Crippen molar-refractivity contribution in [1.29, 1.82) is 0 Å². The summed E-state index contributed by atoms with van der Waals surface area (Å²) in [6.45, 7) is 0.0237. The number of nitrogens with one attached hydrogen (secondary N) is 1. The second-order valence-corrected chi connectivity index (χ2v) is 4.12. The van der Waals surface area contributed by atoms with E-state index in [2.05, 4.69) is 0 Å². The van der Waals surface area contributed by atoms with Gasteiger partial charge in [0.05, 0.1) is 5.75 Å². The molecular weight excluding hydrogens is 190 g/mol. The molecule has 4 nitrogen and oxygen atoms in total. The fourth-order valence-electron chi connectivity index (χ4n) is 0.786. The molecule has 1 radical (unpaired) electrons. The molecule has 0 aliphatic rings. The van der Waals surface area contributed by atoms with Crippen molar-refractivity contribution >= 4 is 10.0 Å². The molecular formula is C8H10NO3S. The molecule has 0 spiro atoms. The topological polar surface area (TPSA) is 67.2 Å². The summed E-state index contributed by atoms with van der Waals surface area (Å²) in [6, 6.07) is 8.90. The summed E-state index contributed by atoms with van der Waals surface area (Å²) in [6.07, 6.45) is 0. The summed E-state index contributed by atoms with van der Waals surface area (Å²) in [5.41, 5.74) is 0. The Hall–Kier alpha value is -1.07. The Kier molecular flexibility index (Phi) is 3.27. The van der Waals surface area contributed by atoms with Gasteiger partial charge in [-0.05, 0) is 12.1 Å². The van der Waals surface area contributed by atoms with E-state index in [1.54, 1.807) is 24.3 Å². The van der Waals surface area contributed by atoms with E-state index in [1.807, 2.05) is 6.07 Å². The first kappa shape index (κ1) is 10.0. The summed E-state index contributed by atoms with van der Waals surface area (Å²) in [5, 5.41) is 6.59. The van der Waals surface area contributed by atoms with E-state index < -0.39 is 10.0 Å². The van der Waals surface area contributed by atoms with Crippen LogP contribution in [0.5, 0.6) is 5.75 Å². The molecule has 13 heavy (non-hydrogen) atoms. The van der Waals surface area contributed by atoms with Crippen molar-refractivity contribution < 1.29 is 13.2 Å². The predicted molar refractivity (Wildman–Crippen MR) is 48.8 cm³/mol. The fourth-order valence-corrected chi connectivity index (χ4v) is 1.09. The van der Waals surface area contributed by atoms with Gasteiger partial charge in [0, 0.05) is 0 Å². The Balaban J connectivity index is 2.37. The molecule has 0 fully saturated rings. The normalized spacial score (nSPS) is 11.2. The van der Waals surface area contributed by atoms with Crippen LogP contribution >= 0.6 is 0 Å². The molecule has 0 heterocycles. The van der Waals surface area contributed by atoms with Gasteiger partial charge in [-0.2, -0.15) is 0 Å². The van der Waals surface area contributed by atoms with Gasteiger partial charge in [0.15, 0.2) is 0 Å².